The van der Waals surface area contributed by atoms with Crippen LogP contribution >= 0.6 is 0 Å². The van der Waals surface area contributed by atoms with E-state index in [1.807, 2.05) is 0 Å². The van der Waals surface area contributed by atoms with E-state index < -0.39 is 16.4 Å². The fourth-order valence-corrected chi connectivity index (χ4v) is 2.35. The monoisotopic (exact) mass is 344 g/mol. The molecule has 0 spiro atoms. The van der Waals surface area contributed by atoms with E-state index in [4.69, 9.17) is 9.47 Å². The van der Waals surface area contributed by atoms with Crippen molar-refractivity contribution in [2.75, 3.05) is 19.5 Å². The Morgan fingerprint density at radius 1 is 1.12 bits per heavy atom. The number of hydrogen-bond acceptors (Lipinski definition) is 7. The normalized spacial score (nSPS) is 10.5. The molecule has 0 fully saturated rings. The van der Waals surface area contributed by atoms with Gasteiger partial charge in [-0.3, -0.25) is 10.1 Å². The highest BCUT2D eigenvalue weighted by Gasteiger charge is 2.16. The molecular weight excluding hydrogens is 331 g/mol. The summed E-state index contributed by atoms with van der Waals surface area (Å²) < 4.78 is 24.0. The van der Waals surface area contributed by atoms with Crippen LogP contribution < -0.4 is 14.8 Å². The summed E-state index contributed by atoms with van der Waals surface area (Å²) in [6, 6.07) is 6.89. The van der Waals surface area contributed by atoms with Gasteiger partial charge in [0.1, 0.15) is 12.1 Å². The van der Waals surface area contributed by atoms with E-state index in [-0.39, 0.29) is 0 Å². The molecule has 128 valence electrons. The van der Waals surface area contributed by atoms with Crippen molar-refractivity contribution in [3.05, 3.63) is 52.6 Å². The predicted octanol–water partition coefficient (Wildman–Crippen LogP) is 3.44. The van der Waals surface area contributed by atoms with Crippen molar-refractivity contribution in [2.24, 2.45) is 0 Å². The fraction of sp³-hybridized carbons (Fsp3) is 0.125. The number of nitro groups is 1. The number of nitrogens with zero attached hydrogens (tertiary/aromatic N) is 3. The molecule has 25 heavy (non-hydrogen) atoms. The second kappa shape index (κ2) is 6.56. The van der Waals surface area contributed by atoms with Crippen LogP contribution in [0.1, 0.15) is 0 Å². The Kier molecular flexibility index (Phi) is 4.29. The first-order valence-corrected chi connectivity index (χ1v) is 7.11. The molecule has 0 atom stereocenters. The number of hydrogen-bond donors (Lipinski definition) is 1. The Balaban J connectivity index is 2.07. The molecule has 3 rings (SSSR count). The molecule has 2 aromatic carbocycles. The van der Waals surface area contributed by atoms with Crippen molar-refractivity contribution >= 4 is 28.1 Å². The van der Waals surface area contributed by atoms with E-state index >= 15 is 0 Å². The van der Waals surface area contributed by atoms with Gasteiger partial charge >= 0.3 is 5.69 Å². The smallest absolute Gasteiger partial charge is 0.306 e. The minimum Gasteiger partial charge on any atom is -0.493 e. The molecular formula is C16H13FN4O4. The van der Waals surface area contributed by atoms with E-state index in [0.29, 0.717) is 33.9 Å². The summed E-state index contributed by atoms with van der Waals surface area (Å²) in [7, 11) is 3.02. The lowest BCUT2D eigenvalue weighted by Crippen LogP contribution is -1.99. The number of aromatic nitrogens is 2. The minimum atomic E-state index is -0.908. The van der Waals surface area contributed by atoms with Crippen LogP contribution in [0.15, 0.2) is 36.7 Å². The van der Waals surface area contributed by atoms with Gasteiger partial charge in [0.2, 0.25) is 5.82 Å². The van der Waals surface area contributed by atoms with Crippen molar-refractivity contribution in [2.45, 2.75) is 0 Å². The largest absolute Gasteiger partial charge is 0.493 e. The average Bonchev–Trinajstić information content (AvgIpc) is 2.62. The third-order valence-corrected chi connectivity index (χ3v) is 3.55. The predicted molar refractivity (Wildman–Crippen MR) is 89.0 cm³/mol. The Morgan fingerprint density at radius 2 is 1.84 bits per heavy atom. The van der Waals surface area contributed by atoms with Gasteiger partial charge in [0, 0.05) is 23.2 Å². The Labute approximate surface area is 141 Å². The van der Waals surface area contributed by atoms with Crippen molar-refractivity contribution in [3.63, 3.8) is 0 Å². The van der Waals surface area contributed by atoms with Crippen LogP contribution in [0.3, 0.4) is 0 Å². The van der Waals surface area contributed by atoms with E-state index in [1.165, 1.54) is 26.6 Å². The number of rotatable bonds is 5. The number of anilines is 2. The van der Waals surface area contributed by atoms with Gasteiger partial charge in [0.15, 0.2) is 11.5 Å². The summed E-state index contributed by atoms with van der Waals surface area (Å²) in [5.74, 6) is 0.483. The molecule has 0 aliphatic carbocycles. The van der Waals surface area contributed by atoms with Crippen LogP contribution in [0.5, 0.6) is 11.5 Å². The first-order valence-electron chi connectivity index (χ1n) is 7.11. The zero-order valence-electron chi connectivity index (χ0n) is 13.3. The average molecular weight is 344 g/mol. The molecule has 0 radical (unpaired) electrons. The minimum absolute atomic E-state index is 0.322. The van der Waals surface area contributed by atoms with Crippen molar-refractivity contribution in [1.29, 1.82) is 0 Å². The Morgan fingerprint density at radius 3 is 2.52 bits per heavy atom. The standard InChI is InChI=1S/C16H13FN4O4/c1-24-14-6-10-12(7-15(14)25-2)18-8-19-16(10)20-9-3-4-11(17)13(5-9)21(22)23/h3-8H,1-2H3,(H,18,19,20). The third-order valence-electron chi connectivity index (χ3n) is 3.55. The molecule has 3 aromatic rings. The van der Waals surface area contributed by atoms with Gasteiger partial charge in [0.05, 0.1) is 24.7 Å². The molecule has 1 N–H and O–H groups in total. The highest BCUT2D eigenvalue weighted by molar-refractivity contribution is 5.93. The number of nitrogens with one attached hydrogen (secondary N) is 1. The number of ether oxygens (including phenoxy) is 2. The summed E-state index contributed by atoms with van der Waals surface area (Å²) >= 11 is 0. The highest BCUT2D eigenvalue weighted by atomic mass is 19.1. The second-order valence-corrected chi connectivity index (χ2v) is 4.99. The molecule has 0 unspecified atom stereocenters. The number of halogens is 1. The van der Waals surface area contributed by atoms with Crippen molar-refractivity contribution in [3.8, 4) is 11.5 Å². The van der Waals surface area contributed by atoms with Crippen LogP contribution in [-0.2, 0) is 0 Å². The van der Waals surface area contributed by atoms with Gasteiger partial charge < -0.3 is 14.8 Å². The van der Waals surface area contributed by atoms with E-state index in [0.717, 1.165) is 12.1 Å². The van der Waals surface area contributed by atoms with Crippen molar-refractivity contribution in [1.82, 2.24) is 9.97 Å². The lowest BCUT2D eigenvalue weighted by atomic mass is 10.2. The van der Waals surface area contributed by atoms with Gasteiger partial charge in [-0.05, 0) is 18.2 Å². The molecule has 1 aromatic heterocycles. The topological polar surface area (TPSA) is 99.4 Å². The summed E-state index contributed by atoms with van der Waals surface area (Å²) in [5.41, 5.74) is 0.289. The zero-order chi connectivity index (χ0) is 18.0. The van der Waals surface area contributed by atoms with Gasteiger partial charge in [-0.15, -0.1) is 0 Å². The van der Waals surface area contributed by atoms with Gasteiger partial charge in [0.25, 0.3) is 0 Å². The fourth-order valence-electron chi connectivity index (χ4n) is 2.35. The van der Waals surface area contributed by atoms with Gasteiger partial charge in [-0.1, -0.05) is 0 Å². The third kappa shape index (κ3) is 3.11. The molecule has 8 nitrogen and oxygen atoms in total. The number of nitro benzene ring substituents is 1. The molecule has 9 heteroatoms. The Bertz CT molecular complexity index is 964. The van der Waals surface area contributed by atoms with Crippen LogP contribution in [0.25, 0.3) is 10.9 Å². The summed E-state index contributed by atoms with van der Waals surface area (Å²) in [6.45, 7) is 0. The number of methoxy groups -OCH3 is 2. The maximum Gasteiger partial charge on any atom is 0.306 e. The summed E-state index contributed by atoms with van der Waals surface area (Å²) in [4.78, 5) is 18.4. The van der Waals surface area contributed by atoms with E-state index in [1.54, 1.807) is 12.1 Å². The van der Waals surface area contributed by atoms with E-state index in [2.05, 4.69) is 15.3 Å². The van der Waals surface area contributed by atoms with E-state index in [9.17, 15) is 14.5 Å². The highest BCUT2D eigenvalue weighted by Crippen LogP contribution is 2.34. The summed E-state index contributed by atoms with van der Waals surface area (Å²) in [5, 5.41) is 14.4. The Hall–Kier alpha value is -3.49. The van der Waals surface area contributed by atoms with Crippen LogP contribution in [0, 0.1) is 15.9 Å². The van der Waals surface area contributed by atoms with Crippen LogP contribution in [-0.4, -0.2) is 29.1 Å². The molecule has 0 amide bonds. The van der Waals surface area contributed by atoms with Gasteiger partial charge in [-0.25, -0.2) is 9.97 Å². The van der Waals surface area contributed by atoms with Crippen LogP contribution in [0.2, 0.25) is 0 Å². The first-order chi connectivity index (χ1) is 12.0. The maximum absolute atomic E-state index is 13.5. The van der Waals surface area contributed by atoms with Crippen LogP contribution in [0.4, 0.5) is 21.6 Å². The zero-order valence-corrected chi connectivity index (χ0v) is 13.3. The number of fused-ring (bicyclic) bond motifs is 1. The number of benzene rings is 2. The second-order valence-electron chi connectivity index (χ2n) is 4.99. The van der Waals surface area contributed by atoms with Crippen molar-refractivity contribution < 1.29 is 18.8 Å². The molecule has 0 saturated carbocycles. The molecule has 0 aliphatic rings. The lowest BCUT2D eigenvalue weighted by Gasteiger charge is -2.12. The molecule has 1 heterocycles. The van der Waals surface area contributed by atoms with Gasteiger partial charge in [-0.2, -0.15) is 4.39 Å². The molecule has 0 aliphatic heterocycles. The lowest BCUT2D eigenvalue weighted by molar-refractivity contribution is -0.387. The first kappa shape index (κ1) is 16.4. The molecule has 0 saturated heterocycles. The SMILES string of the molecule is COc1cc2ncnc(Nc3ccc(F)c([N+](=O)[O-])c3)c2cc1OC. The molecule has 0 bridgehead atoms. The summed E-state index contributed by atoms with van der Waals surface area (Å²) in [6.07, 6.45) is 1.34. The maximum atomic E-state index is 13.5. The quantitative estimate of drug-likeness (QED) is 0.559.